The number of nitrogens with one attached hydrogen (secondary N) is 2. The van der Waals surface area contributed by atoms with Gasteiger partial charge in [-0.3, -0.25) is 4.79 Å². The molecule has 2 rings (SSSR count). The van der Waals surface area contributed by atoms with Crippen LogP contribution in [-0.2, 0) is 4.74 Å². The first-order chi connectivity index (χ1) is 11.1. The van der Waals surface area contributed by atoms with Crippen molar-refractivity contribution in [2.24, 2.45) is 0 Å². The fourth-order valence-electron chi connectivity index (χ4n) is 2.23. The third-order valence-electron chi connectivity index (χ3n) is 3.18. The Morgan fingerprint density at radius 1 is 1.22 bits per heavy atom. The molecule has 0 aliphatic carbocycles. The third-order valence-corrected chi connectivity index (χ3v) is 3.18. The number of ether oxygens (including phenoxy) is 1. The molecule has 0 radical (unpaired) electrons. The maximum absolute atomic E-state index is 12.3. The molecule has 6 nitrogen and oxygen atoms in total. The van der Waals surface area contributed by atoms with E-state index in [2.05, 4.69) is 26.7 Å². The Labute approximate surface area is 136 Å². The van der Waals surface area contributed by atoms with Crippen LogP contribution in [0.3, 0.4) is 0 Å². The van der Waals surface area contributed by atoms with Gasteiger partial charge in [0.1, 0.15) is 5.69 Å². The lowest BCUT2D eigenvalue weighted by Crippen LogP contribution is -2.16. The van der Waals surface area contributed by atoms with Gasteiger partial charge in [0.25, 0.3) is 5.91 Å². The Balaban J connectivity index is 2.01. The average molecular weight is 314 g/mol. The molecule has 1 amide bonds. The van der Waals surface area contributed by atoms with Crippen LogP contribution < -0.4 is 10.6 Å². The molecule has 0 atom stereocenters. The van der Waals surface area contributed by atoms with Crippen molar-refractivity contribution < 1.29 is 9.53 Å². The van der Waals surface area contributed by atoms with Gasteiger partial charge in [0.05, 0.1) is 0 Å². The fourth-order valence-corrected chi connectivity index (χ4v) is 2.23. The Morgan fingerprint density at radius 2 is 1.96 bits per heavy atom. The summed E-state index contributed by atoms with van der Waals surface area (Å²) in [7, 11) is 1.66. The number of methoxy groups -OCH3 is 1. The van der Waals surface area contributed by atoms with Crippen LogP contribution in [0.15, 0.2) is 30.5 Å². The van der Waals surface area contributed by atoms with E-state index in [1.807, 2.05) is 26.0 Å². The van der Waals surface area contributed by atoms with Gasteiger partial charge >= 0.3 is 0 Å². The lowest BCUT2D eigenvalue weighted by Gasteiger charge is -2.08. The molecule has 1 heterocycles. The third kappa shape index (κ3) is 5.34. The van der Waals surface area contributed by atoms with Crippen molar-refractivity contribution in [3.05, 3.63) is 47.3 Å². The number of carbonyl (C=O) groups is 1. The molecule has 0 aliphatic rings. The molecule has 0 fully saturated rings. The minimum atomic E-state index is -0.252. The first-order valence-corrected chi connectivity index (χ1v) is 7.54. The predicted octanol–water partition coefficient (Wildman–Crippen LogP) is 2.79. The van der Waals surface area contributed by atoms with Gasteiger partial charge in [0.2, 0.25) is 5.95 Å². The maximum Gasteiger partial charge on any atom is 0.274 e. The molecular formula is C17H22N4O2. The molecule has 2 N–H and O–H groups in total. The van der Waals surface area contributed by atoms with Crippen LogP contribution in [0.25, 0.3) is 0 Å². The van der Waals surface area contributed by atoms with Gasteiger partial charge in [-0.15, -0.1) is 0 Å². The van der Waals surface area contributed by atoms with Crippen molar-refractivity contribution in [1.82, 2.24) is 9.97 Å². The predicted molar refractivity (Wildman–Crippen MR) is 90.9 cm³/mol. The van der Waals surface area contributed by atoms with Gasteiger partial charge in [-0.2, -0.15) is 0 Å². The number of aromatic nitrogens is 2. The number of anilines is 2. The summed E-state index contributed by atoms with van der Waals surface area (Å²) < 4.78 is 4.98. The van der Waals surface area contributed by atoms with Gasteiger partial charge < -0.3 is 15.4 Å². The number of amides is 1. The number of nitrogens with zero attached hydrogens (tertiary/aromatic N) is 2. The van der Waals surface area contributed by atoms with Gasteiger partial charge in [-0.1, -0.05) is 6.07 Å². The largest absolute Gasteiger partial charge is 0.385 e. The van der Waals surface area contributed by atoms with Crippen molar-refractivity contribution in [2.45, 2.75) is 20.3 Å². The molecule has 122 valence electrons. The Kier molecular flexibility index (Phi) is 6.05. The summed E-state index contributed by atoms with van der Waals surface area (Å²) in [5.74, 6) is 0.187. The zero-order valence-electron chi connectivity index (χ0n) is 13.7. The van der Waals surface area contributed by atoms with Gasteiger partial charge in [-0.05, 0) is 49.6 Å². The van der Waals surface area contributed by atoms with Gasteiger partial charge in [-0.25, -0.2) is 9.97 Å². The van der Waals surface area contributed by atoms with Crippen molar-refractivity contribution in [2.75, 3.05) is 30.9 Å². The molecule has 0 unspecified atom stereocenters. The highest BCUT2D eigenvalue weighted by Crippen LogP contribution is 2.14. The second-order valence-electron chi connectivity index (χ2n) is 5.37. The lowest BCUT2D eigenvalue weighted by molar-refractivity contribution is 0.102. The summed E-state index contributed by atoms with van der Waals surface area (Å²) in [5.41, 5.74) is 3.29. The van der Waals surface area contributed by atoms with E-state index in [1.54, 1.807) is 19.4 Å². The van der Waals surface area contributed by atoms with Gasteiger partial charge in [0, 0.05) is 32.1 Å². The van der Waals surface area contributed by atoms with E-state index in [-0.39, 0.29) is 5.91 Å². The topological polar surface area (TPSA) is 76.1 Å². The number of carbonyl (C=O) groups excluding carboxylic acids is 1. The van der Waals surface area contributed by atoms with E-state index >= 15 is 0 Å². The summed E-state index contributed by atoms with van der Waals surface area (Å²) in [6, 6.07) is 7.51. The van der Waals surface area contributed by atoms with Crippen molar-refractivity contribution in [1.29, 1.82) is 0 Å². The quantitative estimate of drug-likeness (QED) is 0.769. The fraction of sp³-hybridized carbons (Fsp3) is 0.353. The summed E-state index contributed by atoms with van der Waals surface area (Å²) in [4.78, 5) is 20.7. The molecule has 1 aromatic heterocycles. The highest BCUT2D eigenvalue weighted by Gasteiger charge is 2.09. The molecule has 0 aliphatic heterocycles. The monoisotopic (exact) mass is 314 g/mol. The van der Waals surface area contributed by atoms with Crippen LogP contribution in [0.5, 0.6) is 0 Å². The number of benzene rings is 1. The van der Waals surface area contributed by atoms with Crippen LogP contribution >= 0.6 is 0 Å². The number of aryl methyl sites for hydroxylation is 2. The molecule has 0 spiro atoms. The normalized spacial score (nSPS) is 10.4. The first-order valence-electron chi connectivity index (χ1n) is 7.54. The van der Waals surface area contributed by atoms with Crippen LogP contribution in [-0.4, -0.2) is 36.1 Å². The molecule has 0 saturated carbocycles. The van der Waals surface area contributed by atoms with Crippen molar-refractivity contribution in [3.63, 3.8) is 0 Å². The maximum atomic E-state index is 12.3. The van der Waals surface area contributed by atoms with Crippen LogP contribution in [0.1, 0.15) is 28.0 Å². The lowest BCUT2D eigenvalue weighted by atomic mass is 10.1. The van der Waals surface area contributed by atoms with Crippen LogP contribution in [0.2, 0.25) is 0 Å². The standard InChI is InChI=1S/C17H22N4O2/c1-12-9-13(2)11-14(10-12)20-16(22)15-5-7-19-17(21-15)18-6-4-8-23-3/h5,7,9-11H,4,6,8H2,1-3H3,(H,20,22)(H,18,19,21). The molecule has 1 aromatic carbocycles. The molecule has 0 bridgehead atoms. The molecular weight excluding hydrogens is 292 g/mol. The highest BCUT2D eigenvalue weighted by molar-refractivity contribution is 6.03. The minimum Gasteiger partial charge on any atom is -0.385 e. The Hall–Kier alpha value is -2.47. The zero-order chi connectivity index (χ0) is 16.7. The second-order valence-corrected chi connectivity index (χ2v) is 5.37. The zero-order valence-corrected chi connectivity index (χ0v) is 13.7. The first kappa shape index (κ1) is 16.9. The summed E-state index contributed by atoms with van der Waals surface area (Å²) in [6.07, 6.45) is 2.42. The average Bonchev–Trinajstić information content (AvgIpc) is 2.51. The number of hydrogen-bond acceptors (Lipinski definition) is 5. The smallest absolute Gasteiger partial charge is 0.274 e. The molecule has 0 saturated heterocycles. The number of hydrogen-bond donors (Lipinski definition) is 2. The van der Waals surface area contributed by atoms with E-state index in [0.29, 0.717) is 24.8 Å². The highest BCUT2D eigenvalue weighted by atomic mass is 16.5. The van der Waals surface area contributed by atoms with Crippen molar-refractivity contribution in [3.8, 4) is 0 Å². The van der Waals surface area contributed by atoms with E-state index in [9.17, 15) is 4.79 Å². The van der Waals surface area contributed by atoms with Gasteiger partial charge in [0.15, 0.2) is 0 Å². The molecule has 6 heteroatoms. The summed E-state index contributed by atoms with van der Waals surface area (Å²) >= 11 is 0. The van der Waals surface area contributed by atoms with Crippen LogP contribution in [0, 0.1) is 13.8 Å². The van der Waals surface area contributed by atoms with E-state index in [4.69, 9.17) is 4.74 Å². The SMILES string of the molecule is COCCCNc1nccc(C(=O)Nc2cc(C)cc(C)c2)n1. The molecule has 2 aromatic rings. The minimum absolute atomic E-state index is 0.252. The van der Waals surface area contributed by atoms with Crippen LogP contribution in [0.4, 0.5) is 11.6 Å². The molecule has 23 heavy (non-hydrogen) atoms. The second kappa shape index (κ2) is 8.24. The summed E-state index contributed by atoms with van der Waals surface area (Å²) in [6.45, 7) is 5.35. The number of rotatable bonds is 7. The van der Waals surface area contributed by atoms with Crippen molar-refractivity contribution >= 4 is 17.5 Å². The van der Waals surface area contributed by atoms with E-state index in [0.717, 1.165) is 23.2 Å². The summed E-state index contributed by atoms with van der Waals surface area (Å²) in [5, 5.41) is 5.94. The van der Waals surface area contributed by atoms with E-state index in [1.165, 1.54) is 0 Å². The Bertz CT molecular complexity index is 653. The Morgan fingerprint density at radius 3 is 2.65 bits per heavy atom. The van der Waals surface area contributed by atoms with E-state index < -0.39 is 0 Å².